The van der Waals surface area contributed by atoms with Crippen molar-refractivity contribution in [2.24, 2.45) is 5.73 Å². The Balaban J connectivity index is 2.70. The molecule has 0 aliphatic carbocycles. The van der Waals surface area contributed by atoms with E-state index < -0.39 is 5.41 Å². The molecule has 0 spiro atoms. The largest absolute Gasteiger partial charge is 0.395 e. The van der Waals surface area contributed by atoms with Gasteiger partial charge in [-0.25, -0.2) is 9.97 Å². The van der Waals surface area contributed by atoms with Crippen LogP contribution in [0.5, 0.6) is 0 Å². The summed E-state index contributed by atoms with van der Waals surface area (Å²) in [4.78, 5) is 11.0. The zero-order valence-corrected chi connectivity index (χ0v) is 9.62. The normalized spacial score (nSPS) is 15.2. The summed E-state index contributed by atoms with van der Waals surface area (Å²) < 4.78 is 0. The lowest BCUT2D eigenvalue weighted by atomic mass is 9.84. The Hall–Kier alpha value is -1.17. The molecule has 0 bridgehead atoms. The fraction of sp³-hybridized carbons (Fsp3) is 0.400. The molecule has 1 atom stereocenters. The number of nitrogens with zero attached hydrogens (tertiary/aromatic N) is 2. The minimum Gasteiger partial charge on any atom is -0.395 e. The SMILES string of the molecule is CC(CN)(CO)c1c[nH]c2ncnc(Cl)c12. The van der Waals surface area contributed by atoms with Gasteiger partial charge in [0.25, 0.3) is 0 Å². The van der Waals surface area contributed by atoms with Crippen LogP contribution in [0.4, 0.5) is 0 Å². The van der Waals surface area contributed by atoms with Crippen LogP contribution in [0.2, 0.25) is 5.15 Å². The molecule has 6 heteroatoms. The summed E-state index contributed by atoms with van der Waals surface area (Å²) >= 11 is 6.03. The van der Waals surface area contributed by atoms with Crippen LogP contribution in [0, 0.1) is 0 Å². The average Bonchev–Trinajstić information content (AvgIpc) is 2.74. The van der Waals surface area contributed by atoms with Crippen molar-refractivity contribution in [2.45, 2.75) is 12.3 Å². The number of nitrogens with two attached hydrogens (primary N) is 1. The molecule has 2 rings (SSSR count). The Kier molecular flexibility index (Phi) is 2.84. The smallest absolute Gasteiger partial charge is 0.142 e. The Labute approximate surface area is 97.7 Å². The van der Waals surface area contributed by atoms with Crippen LogP contribution in [0.1, 0.15) is 12.5 Å². The van der Waals surface area contributed by atoms with Gasteiger partial charge in [-0.3, -0.25) is 0 Å². The van der Waals surface area contributed by atoms with E-state index in [0.717, 1.165) is 10.9 Å². The van der Waals surface area contributed by atoms with E-state index in [1.165, 1.54) is 6.33 Å². The van der Waals surface area contributed by atoms with Gasteiger partial charge in [-0.2, -0.15) is 0 Å². The highest BCUT2D eigenvalue weighted by molar-refractivity contribution is 6.34. The molecule has 0 radical (unpaired) electrons. The molecular formula is C10H13ClN4O. The lowest BCUT2D eigenvalue weighted by Crippen LogP contribution is -2.35. The molecule has 0 aliphatic heterocycles. The van der Waals surface area contributed by atoms with Gasteiger partial charge in [-0.15, -0.1) is 0 Å². The number of rotatable bonds is 3. The van der Waals surface area contributed by atoms with Crippen molar-refractivity contribution in [3.8, 4) is 0 Å². The van der Waals surface area contributed by atoms with E-state index >= 15 is 0 Å². The van der Waals surface area contributed by atoms with E-state index in [2.05, 4.69) is 15.0 Å². The molecule has 0 fully saturated rings. The predicted octanol–water partition coefficient (Wildman–Crippen LogP) is 0.820. The summed E-state index contributed by atoms with van der Waals surface area (Å²) in [5.74, 6) is 0. The number of H-pyrrole nitrogens is 1. The molecule has 0 aromatic carbocycles. The number of aromatic amines is 1. The van der Waals surface area contributed by atoms with Crippen LogP contribution in [-0.2, 0) is 5.41 Å². The van der Waals surface area contributed by atoms with Gasteiger partial charge in [-0.1, -0.05) is 18.5 Å². The summed E-state index contributed by atoms with van der Waals surface area (Å²) in [7, 11) is 0. The second kappa shape index (κ2) is 4.01. The highest BCUT2D eigenvalue weighted by Crippen LogP contribution is 2.32. The average molecular weight is 241 g/mol. The van der Waals surface area contributed by atoms with Crippen molar-refractivity contribution in [3.63, 3.8) is 0 Å². The number of aliphatic hydroxyl groups is 1. The number of aliphatic hydroxyl groups excluding tert-OH is 1. The van der Waals surface area contributed by atoms with E-state index in [1.54, 1.807) is 6.20 Å². The van der Waals surface area contributed by atoms with Crippen LogP contribution in [-0.4, -0.2) is 33.2 Å². The maximum atomic E-state index is 9.43. The summed E-state index contributed by atoms with van der Waals surface area (Å²) in [6.45, 7) is 2.14. The number of nitrogens with one attached hydrogen (secondary N) is 1. The van der Waals surface area contributed by atoms with Gasteiger partial charge >= 0.3 is 0 Å². The second-order valence-corrected chi connectivity index (χ2v) is 4.37. The summed E-state index contributed by atoms with van der Waals surface area (Å²) in [5, 5.41) is 10.5. The summed E-state index contributed by atoms with van der Waals surface area (Å²) in [6, 6.07) is 0. The van der Waals surface area contributed by atoms with E-state index in [9.17, 15) is 5.11 Å². The van der Waals surface area contributed by atoms with Crippen LogP contribution >= 0.6 is 11.6 Å². The van der Waals surface area contributed by atoms with Crippen molar-refractivity contribution >= 4 is 22.6 Å². The molecule has 1 unspecified atom stereocenters. The van der Waals surface area contributed by atoms with E-state index in [0.29, 0.717) is 17.3 Å². The van der Waals surface area contributed by atoms with Crippen LogP contribution < -0.4 is 5.73 Å². The van der Waals surface area contributed by atoms with Crippen molar-refractivity contribution < 1.29 is 5.11 Å². The first-order chi connectivity index (χ1) is 7.62. The van der Waals surface area contributed by atoms with Crippen molar-refractivity contribution in [1.29, 1.82) is 0 Å². The fourth-order valence-electron chi connectivity index (χ4n) is 1.66. The lowest BCUT2D eigenvalue weighted by molar-refractivity contribution is 0.211. The monoisotopic (exact) mass is 240 g/mol. The quantitative estimate of drug-likeness (QED) is 0.693. The van der Waals surface area contributed by atoms with Crippen molar-refractivity contribution in [2.75, 3.05) is 13.2 Å². The number of fused-ring (bicyclic) bond motifs is 1. The van der Waals surface area contributed by atoms with Gasteiger partial charge in [-0.05, 0) is 5.56 Å². The van der Waals surface area contributed by atoms with Gasteiger partial charge in [0, 0.05) is 18.2 Å². The molecule has 16 heavy (non-hydrogen) atoms. The molecule has 0 saturated carbocycles. The molecule has 0 amide bonds. The molecule has 0 aliphatic rings. The van der Waals surface area contributed by atoms with Gasteiger partial charge in [0.05, 0.1) is 12.0 Å². The second-order valence-electron chi connectivity index (χ2n) is 4.01. The third-order valence-corrected chi connectivity index (χ3v) is 3.16. The minimum atomic E-state index is -0.535. The van der Waals surface area contributed by atoms with Gasteiger partial charge in [0.1, 0.15) is 17.1 Å². The molecular weight excluding hydrogens is 228 g/mol. The first-order valence-electron chi connectivity index (χ1n) is 4.91. The standard InChI is InChI=1S/C10H13ClN4O/c1-10(3-12,4-16)6-2-13-9-7(6)8(11)14-5-15-9/h2,5,16H,3-4,12H2,1H3,(H,13,14,15). The first kappa shape index (κ1) is 11.3. The molecule has 2 aromatic rings. The topological polar surface area (TPSA) is 87.8 Å². The van der Waals surface area contributed by atoms with E-state index in [-0.39, 0.29) is 6.61 Å². The Morgan fingerprint density at radius 2 is 2.31 bits per heavy atom. The summed E-state index contributed by atoms with van der Waals surface area (Å²) in [6.07, 6.45) is 3.16. The minimum absolute atomic E-state index is 0.0539. The predicted molar refractivity (Wildman–Crippen MR) is 62.4 cm³/mol. The van der Waals surface area contributed by atoms with Gasteiger partial charge < -0.3 is 15.8 Å². The molecule has 0 saturated heterocycles. The summed E-state index contributed by atoms with van der Waals surface area (Å²) in [5.41, 5.74) is 6.66. The molecule has 2 aromatic heterocycles. The molecule has 86 valence electrons. The molecule has 2 heterocycles. The van der Waals surface area contributed by atoms with Crippen molar-refractivity contribution in [3.05, 3.63) is 23.2 Å². The van der Waals surface area contributed by atoms with Crippen LogP contribution in [0.15, 0.2) is 12.5 Å². The Bertz CT molecular complexity index is 506. The Morgan fingerprint density at radius 1 is 1.56 bits per heavy atom. The lowest BCUT2D eigenvalue weighted by Gasteiger charge is -2.24. The molecule has 5 nitrogen and oxygen atoms in total. The maximum absolute atomic E-state index is 9.43. The Morgan fingerprint density at radius 3 is 2.94 bits per heavy atom. The zero-order chi connectivity index (χ0) is 11.8. The third kappa shape index (κ3) is 1.57. The number of hydrogen-bond acceptors (Lipinski definition) is 4. The zero-order valence-electron chi connectivity index (χ0n) is 8.87. The van der Waals surface area contributed by atoms with Gasteiger partial charge in [0.2, 0.25) is 0 Å². The highest BCUT2D eigenvalue weighted by atomic mass is 35.5. The fourth-order valence-corrected chi connectivity index (χ4v) is 1.90. The number of halogens is 1. The van der Waals surface area contributed by atoms with E-state index in [1.807, 2.05) is 6.92 Å². The maximum Gasteiger partial charge on any atom is 0.142 e. The number of aromatic nitrogens is 3. The van der Waals surface area contributed by atoms with Crippen LogP contribution in [0.3, 0.4) is 0 Å². The highest BCUT2D eigenvalue weighted by Gasteiger charge is 2.28. The van der Waals surface area contributed by atoms with Crippen LogP contribution in [0.25, 0.3) is 11.0 Å². The third-order valence-electron chi connectivity index (χ3n) is 2.87. The first-order valence-corrected chi connectivity index (χ1v) is 5.29. The molecule has 4 N–H and O–H groups in total. The van der Waals surface area contributed by atoms with E-state index in [4.69, 9.17) is 17.3 Å². The van der Waals surface area contributed by atoms with Crippen molar-refractivity contribution in [1.82, 2.24) is 15.0 Å². The van der Waals surface area contributed by atoms with Gasteiger partial charge in [0.15, 0.2) is 0 Å². The number of hydrogen-bond donors (Lipinski definition) is 3.